The molecule has 0 aliphatic rings. The van der Waals surface area contributed by atoms with Gasteiger partial charge in [0.2, 0.25) is 0 Å². The summed E-state index contributed by atoms with van der Waals surface area (Å²) < 4.78 is 1.27. The molecule has 0 spiro atoms. The van der Waals surface area contributed by atoms with Crippen molar-refractivity contribution in [3.05, 3.63) is 9.66 Å². The maximum Gasteiger partial charge on any atom is 0.0622 e. The van der Waals surface area contributed by atoms with Gasteiger partial charge in [-0.1, -0.05) is 13.3 Å². The molecule has 1 N–H and O–H groups in total. The Hall–Kier alpha value is 0.430. The summed E-state index contributed by atoms with van der Waals surface area (Å²) in [5.74, 6) is 0. The monoisotopic (exact) mass is 240 g/mol. The summed E-state index contributed by atoms with van der Waals surface area (Å²) in [4.78, 5) is 0. The van der Waals surface area contributed by atoms with Crippen molar-refractivity contribution < 1.29 is 5.11 Å². The normalized spacial score (nSPS) is 12.1. The van der Waals surface area contributed by atoms with E-state index in [4.69, 9.17) is 5.11 Å². The minimum atomic E-state index is 0.183. The van der Waals surface area contributed by atoms with Crippen molar-refractivity contribution in [1.82, 2.24) is 0 Å². The standard InChI is InChI=1S/C7H13IO/c1-2-3-4-7(8)5-6-9/h5,9H,2-4,6H2,1H3/b7-5-. The van der Waals surface area contributed by atoms with Crippen LogP contribution in [0.4, 0.5) is 0 Å². The number of hydrogen-bond donors (Lipinski definition) is 1. The average Bonchev–Trinajstić information content (AvgIpc) is 1.85. The Labute approximate surface area is 70.3 Å². The summed E-state index contributed by atoms with van der Waals surface area (Å²) in [5.41, 5.74) is 0. The first kappa shape index (κ1) is 9.43. The van der Waals surface area contributed by atoms with Gasteiger partial charge in [-0.05, 0) is 45.1 Å². The first-order chi connectivity index (χ1) is 4.31. The van der Waals surface area contributed by atoms with E-state index in [0.717, 1.165) is 6.42 Å². The number of aliphatic hydroxyl groups is 1. The van der Waals surface area contributed by atoms with Crippen LogP contribution >= 0.6 is 22.6 Å². The molecule has 0 aromatic heterocycles. The minimum absolute atomic E-state index is 0.183. The van der Waals surface area contributed by atoms with Gasteiger partial charge in [0.05, 0.1) is 6.61 Å². The van der Waals surface area contributed by atoms with E-state index < -0.39 is 0 Å². The molecule has 0 aromatic rings. The van der Waals surface area contributed by atoms with Crippen molar-refractivity contribution in [2.45, 2.75) is 26.2 Å². The summed E-state index contributed by atoms with van der Waals surface area (Å²) in [6, 6.07) is 0. The molecule has 0 aliphatic heterocycles. The van der Waals surface area contributed by atoms with E-state index in [-0.39, 0.29) is 6.61 Å². The van der Waals surface area contributed by atoms with Gasteiger partial charge in [-0.25, -0.2) is 0 Å². The number of allylic oxidation sites excluding steroid dienone is 1. The van der Waals surface area contributed by atoms with Gasteiger partial charge in [-0.3, -0.25) is 0 Å². The highest BCUT2D eigenvalue weighted by Crippen LogP contribution is 2.13. The lowest BCUT2D eigenvalue weighted by Crippen LogP contribution is -1.77. The molecule has 2 heteroatoms. The van der Waals surface area contributed by atoms with E-state index in [0.29, 0.717) is 0 Å². The Morgan fingerprint density at radius 2 is 2.33 bits per heavy atom. The Bertz CT molecular complexity index is 88.9. The maximum atomic E-state index is 8.45. The van der Waals surface area contributed by atoms with Crippen LogP contribution in [0, 0.1) is 0 Å². The van der Waals surface area contributed by atoms with Crippen molar-refractivity contribution >= 4 is 22.6 Å². The molecule has 0 rings (SSSR count). The van der Waals surface area contributed by atoms with Gasteiger partial charge < -0.3 is 5.11 Å². The molecule has 0 bridgehead atoms. The molecule has 1 nitrogen and oxygen atoms in total. The lowest BCUT2D eigenvalue weighted by Gasteiger charge is -1.94. The number of unbranched alkanes of at least 4 members (excludes halogenated alkanes) is 1. The van der Waals surface area contributed by atoms with Crippen LogP contribution in [0.2, 0.25) is 0 Å². The van der Waals surface area contributed by atoms with E-state index in [1.807, 2.05) is 6.08 Å². The van der Waals surface area contributed by atoms with Crippen LogP contribution < -0.4 is 0 Å². The summed E-state index contributed by atoms with van der Waals surface area (Å²) in [6.45, 7) is 2.35. The summed E-state index contributed by atoms with van der Waals surface area (Å²) >= 11 is 2.27. The molecule has 0 unspecified atom stereocenters. The van der Waals surface area contributed by atoms with Crippen LogP contribution in [0.1, 0.15) is 26.2 Å². The highest BCUT2D eigenvalue weighted by Gasteiger charge is 1.87. The van der Waals surface area contributed by atoms with Crippen LogP contribution in [0.5, 0.6) is 0 Å². The Balaban J connectivity index is 3.25. The van der Waals surface area contributed by atoms with Gasteiger partial charge in [-0.2, -0.15) is 0 Å². The van der Waals surface area contributed by atoms with Crippen LogP contribution in [-0.4, -0.2) is 11.7 Å². The van der Waals surface area contributed by atoms with Crippen LogP contribution in [0.15, 0.2) is 9.66 Å². The zero-order valence-electron chi connectivity index (χ0n) is 5.73. The third-order valence-corrected chi connectivity index (χ3v) is 2.06. The first-order valence-corrected chi connectivity index (χ1v) is 4.34. The molecule has 0 atom stereocenters. The van der Waals surface area contributed by atoms with Crippen LogP contribution in [-0.2, 0) is 0 Å². The topological polar surface area (TPSA) is 20.2 Å². The lowest BCUT2D eigenvalue weighted by atomic mass is 10.2. The zero-order chi connectivity index (χ0) is 7.11. The molecule has 9 heavy (non-hydrogen) atoms. The second-order valence-electron chi connectivity index (χ2n) is 1.94. The third kappa shape index (κ3) is 6.31. The van der Waals surface area contributed by atoms with Crippen molar-refractivity contribution in [3.63, 3.8) is 0 Å². The predicted octanol–water partition coefficient (Wildman–Crippen LogP) is 2.49. The van der Waals surface area contributed by atoms with Gasteiger partial charge in [0.15, 0.2) is 0 Å². The van der Waals surface area contributed by atoms with Gasteiger partial charge in [-0.15, -0.1) is 0 Å². The van der Waals surface area contributed by atoms with Gasteiger partial charge >= 0.3 is 0 Å². The summed E-state index contributed by atoms with van der Waals surface area (Å²) in [6.07, 6.45) is 5.44. The Kier molecular flexibility index (Phi) is 6.86. The van der Waals surface area contributed by atoms with Crippen molar-refractivity contribution in [2.75, 3.05) is 6.61 Å². The second kappa shape index (κ2) is 6.55. The van der Waals surface area contributed by atoms with Crippen LogP contribution in [0.3, 0.4) is 0 Å². The molecular weight excluding hydrogens is 227 g/mol. The Morgan fingerprint density at radius 1 is 1.67 bits per heavy atom. The molecule has 0 aromatic carbocycles. The third-order valence-electron chi connectivity index (χ3n) is 1.08. The lowest BCUT2D eigenvalue weighted by molar-refractivity contribution is 0.342. The Morgan fingerprint density at radius 3 is 2.78 bits per heavy atom. The molecule has 0 saturated carbocycles. The number of hydrogen-bond acceptors (Lipinski definition) is 1. The SMILES string of the molecule is CCCC/C(I)=C/CO. The zero-order valence-corrected chi connectivity index (χ0v) is 7.89. The van der Waals surface area contributed by atoms with E-state index in [9.17, 15) is 0 Å². The predicted molar refractivity (Wildman–Crippen MR) is 48.7 cm³/mol. The molecule has 0 radical (unpaired) electrons. The fourth-order valence-electron chi connectivity index (χ4n) is 0.547. The first-order valence-electron chi connectivity index (χ1n) is 3.26. The number of halogens is 1. The minimum Gasteiger partial charge on any atom is -0.392 e. The maximum absolute atomic E-state index is 8.45. The quantitative estimate of drug-likeness (QED) is 0.748. The van der Waals surface area contributed by atoms with E-state index in [2.05, 4.69) is 29.5 Å². The molecule has 0 saturated heterocycles. The van der Waals surface area contributed by atoms with Crippen molar-refractivity contribution in [2.24, 2.45) is 0 Å². The fraction of sp³-hybridized carbons (Fsp3) is 0.714. The van der Waals surface area contributed by atoms with Crippen molar-refractivity contribution in [3.8, 4) is 0 Å². The van der Waals surface area contributed by atoms with E-state index in [1.165, 1.54) is 16.4 Å². The molecule has 0 aliphatic carbocycles. The largest absolute Gasteiger partial charge is 0.392 e. The second-order valence-corrected chi connectivity index (χ2v) is 3.32. The summed E-state index contributed by atoms with van der Waals surface area (Å²) in [5, 5.41) is 8.45. The van der Waals surface area contributed by atoms with Gasteiger partial charge in [0.25, 0.3) is 0 Å². The van der Waals surface area contributed by atoms with Crippen molar-refractivity contribution in [1.29, 1.82) is 0 Å². The molecule has 0 fully saturated rings. The van der Waals surface area contributed by atoms with Crippen LogP contribution in [0.25, 0.3) is 0 Å². The van der Waals surface area contributed by atoms with Gasteiger partial charge in [0.1, 0.15) is 0 Å². The number of rotatable bonds is 4. The van der Waals surface area contributed by atoms with E-state index in [1.54, 1.807) is 0 Å². The summed E-state index contributed by atoms with van der Waals surface area (Å²) in [7, 11) is 0. The molecular formula is C7H13IO. The number of aliphatic hydroxyl groups excluding tert-OH is 1. The highest BCUT2D eigenvalue weighted by atomic mass is 127. The fourth-order valence-corrected chi connectivity index (χ4v) is 1.13. The molecule has 54 valence electrons. The van der Waals surface area contributed by atoms with Gasteiger partial charge in [0, 0.05) is 0 Å². The smallest absolute Gasteiger partial charge is 0.0622 e. The highest BCUT2D eigenvalue weighted by molar-refractivity contribution is 14.1. The van der Waals surface area contributed by atoms with E-state index >= 15 is 0 Å². The molecule has 0 heterocycles. The molecule has 0 amide bonds. The average molecular weight is 240 g/mol.